The van der Waals surface area contributed by atoms with Crippen LogP contribution in [0.4, 0.5) is 22.2 Å². The molecule has 3 aromatic carbocycles. The Morgan fingerprint density at radius 2 is 1.62 bits per heavy atom. The number of nitrogens with one attached hydrogen (secondary N) is 1. The third-order valence-corrected chi connectivity index (χ3v) is 6.27. The predicted octanol–water partition coefficient (Wildman–Crippen LogP) is 6.54. The number of carbonyl (C=O) groups excluding carboxylic acids is 1. The molecule has 0 saturated carbocycles. The van der Waals surface area contributed by atoms with Gasteiger partial charge in [0.2, 0.25) is 5.95 Å². The molecule has 8 heteroatoms. The summed E-state index contributed by atoms with van der Waals surface area (Å²) >= 11 is 0. The Kier molecular flexibility index (Phi) is 9.12. The number of nitrogens with zero attached hydrogens (tertiary/aromatic N) is 4. The van der Waals surface area contributed by atoms with Crippen molar-refractivity contribution >= 4 is 23.5 Å². The number of hydrogen-bond acceptors (Lipinski definition) is 7. The summed E-state index contributed by atoms with van der Waals surface area (Å²) in [5.74, 6) is 2.12. The van der Waals surface area contributed by atoms with Crippen molar-refractivity contribution in [2.45, 2.75) is 26.8 Å². The second-order valence-electron chi connectivity index (χ2n) is 9.59. The molecule has 0 aliphatic heterocycles. The predicted molar refractivity (Wildman–Crippen MR) is 155 cm³/mol. The lowest BCUT2D eigenvalue weighted by Gasteiger charge is -2.28. The fourth-order valence-electron chi connectivity index (χ4n) is 4.08. The van der Waals surface area contributed by atoms with Crippen LogP contribution in [0.3, 0.4) is 0 Å². The molecule has 4 aromatic rings. The summed E-state index contributed by atoms with van der Waals surface area (Å²) in [6, 6.07) is 24.5. The van der Waals surface area contributed by atoms with Gasteiger partial charge < -0.3 is 19.7 Å². The van der Waals surface area contributed by atoms with Gasteiger partial charge in [-0.25, -0.2) is 9.78 Å². The molecule has 1 amide bonds. The summed E-state index contributed by atoms with van der Waals surface area (Å²) < 4.78 is 11.7. The molecule has 0 bridgehead atoms. The Bertz CT molecular complexity index is 1360. The molecule has 39 heavy (non-hydrogen) atoms. The van der Waals surface area contributed by atoms with Crippen LogP contribution < -0.4 is 19.7 Å². The number of amides is 1. The lowest BCUT2D eigenvalue weighted by Crippen LogP contribution is -2.37. The van der Waals surface area contributed by atoms with Gasteiger partial charge in [0.05, 0.1) is 6.04 Å². The van der Waals surface area contributed by atoms with Crippen molar-refractivity contribution < 1.29 is 14.3 Å². The van der Waals surface area contributed by atoms with Crippen molar-refractivity contribution in [2.75, 3.05) is 37.5 Å². The Morgan fingerprint density at radius 3 is 2.28 bits per heavy atom. The molecule has 0 unspecified atom stereocenters. The molecule has 0 saturated heterocycles. The molecule has 1 heterocycles. The molecular formula is C31H35N5O3. The highest BCUT2D eigenvalue weighted by atomic mass is 16.6. The minimum Gasteiger partial charge on any atom is -0.492 e. The molecule has 1 atom stereocenters. The monoisotopic (exact) mass is 525 g/mol. The van der Waals surface area contributed by atoms with Crippen molar-refractivity contribution in [1.29, 1.82) is 0 Å². The first kappa shape index (κ1) is 27.6. The van der Waals surface area contributed by atoms with Gasteiger partial charge in [-0.1, -0.05) is 48.5 Å². The van der Waals surface area contributed by atoms with Gasteiger partial charge in [0, 0.05) is 18.4 Å². The number of aromatic nitrogens is 2. The van der Waals surface area contributed by atoms with Crippen molar-refractivity contribution in [3.63, 3.8) is 0 Å². The number of para-hydroxylation sites is 1. The van der Waals surface area contributed by atoms with Crippen LogP contribution in [0.1, 0.15) is 29.7 Å². The van der Waals surface area contributed by atoms with Gasteiger partial charge in [-0.2, -0.15) is 4.98 Å². The van der Waals surface area contributed by atoms with Crippen LogP contribution in [0.25, 0.3) is 0 Å². The van der Waals surface area contributed by atoms with Crippen molar-refractivity contribution in [2.24, 2.45) is 0 Å². The molecular weight excluding hydrogens is 490 g/mol. The molecule has 0 fully saturated rings. The highest BCUT2D eigenvalue weighted by molar-refractivity contribution is 5.89. The topological polar surface area (TPSA) is 79.8 Å². The standard InChI is InChI=1S/C31H35N5O3/c1-22-10-9-11-23(2)29(22)39-31(37)36(24(3)25-12-7-6-8-13-25)28-18-19-32-30(34-28)33-26-14-16-27(17-15-26)38-21-20-35(4)5/h6-19,24H,20-21H2,1-5H3,(H,32,33,34)/t24-/m0/s1. The van der Waals surface area contributed by atoms with Gasteiger partial charge in [-0.3, -0.25) is 4.90 Å². The molecule has 8 nitrogen and oxygen atoms in total. The van der Waals surface area contributed by atoms with Gasteiger partial charge in [0.25, 0.3) is 0 Å². The lowest BCUT2D eigenvalue weighted by molar-refractivity contribution is 0.204. The Morgan fingerprint density at radius 1 is 0.923 bits per heavy atom. The summed E-state index contributed by atoms with van der Waals surface area (Å²) in [4.78, 5) is 26.3. The summed E-state index contributed by atoms with van der Waals surface area (Å²) in [5.41, 5.74) is 3.52. The highest BCUT2D eigenvalue weighted by Crippen LogP contribution is 2.30. The molecule has 4 rings (SSSR count). The van der Waals surface area contributed by atoms with Gasteiger partial charge in [0.1, 0.15) is 23.9 Å². The first-order valence-corrected chi connectivity index (χ1v) is 12.9. The van der Waals surface area contributed by atoms with E-state index in [0.29, 0.717) is 24.1 Å². The van der Waals surface area contributed by atoms with Crippen molar-refractivity contribution in [3.05, 3.63) is 102 Å². The fourth-order valence-corrected chi connectivity index (χ4v) is 4.08. The van der Waals surface area contributed by atoms with E-state index in [9.17, 15) is 4.79 Å². The average Bonchev–Trinajstić information content (AvgIpc) is 2.92. The van der Waals surface area contributed by atoms with Crippen LogP contribution in [-0.2, 0) is 0 Å². The second-order valence-corrected chi connectivity index (χ2v) is 9.59. The van der Waals surface area contributed by atoms with Gasteiger partial charge >= 0.3 is 6.09 Å². The number of carbonyl (C=O) groups is 1. The molecule has 1 aromatic heterocycles. The van der Waals surface area contributed by atoms with Crippen LogP contribution in [0.2, 0.25) is 0 Å². The van der Waals surface area contributed by atoms with Crippen LogP contribution >= 0.6 is 0 Å². The molecule has 202 valence electrons. The number of ether oxygens (including phenoxy) is 2. The van der Waals surface area contributed by atoms with Crippen LogP contribution in [0.15, 0.2) is 85.1 Å². The Hall–Kier alpha value is -4.43. The minimum absolute atomic E-state index is 0.343. The SMILES string of the molecule is Cc1cccc(C)c1OC(=O)N(c1ccnc(Nc2ccc(OCCN(C)C)cc2)n1)[C@@H](C)c1ccccc1. The lowest BCUT2D eigenvalue weighted by atomic mass is 10.1. The van der Waals surface area contributed by atoms with Crippen molar-refractivity contribution in [3.8, 4) is 11.5 Å². The fraction of sp³-hybridized carbons (Fsp3) is 0.258. The molecule has 0 aliphatic carbocycles. The van der Waals surface area contributed by atoms with Crippen LogP contribution in [-0.4, -0.2) is 48.2 Å². The summed E-state index contributed by atoms with van der Waals surface area (Å²) in [6.07, 6.45) is 1.10. The zero-order chi connectivity index (χ0) is 27.8. The molecule has 0 spiro atoms. The number of benzene rings is 3. The third-order valence-electron chi connectivity index (χ3n) is 6.27. The molecule has 0 radical (unpaired) electrons. The molecule has 1 N–H and O–H groups in total. The first-order chi connectivity index (χ1) is 18.8. The number of likely N-dealkylation sites (N-methyl/N-ethyl adjacent to an activating group) is 1. The zero-order valence-corrected chi connectivity index (χ0v) is 23.1. The number of anilines is 3. The van der Waals surface area contributed by atoms with E-state index in [1.165, 1.54) is 0 Å². The second kappa shape index (κ2) is 12.9. The quantitative estimate of drug-likeness (QED) is 0.252. The number of hydrogen-bond donors (Lipinski definition) is 1. The van der Waals surface area contributed by atoms with Gasteiger partial charge in [-0.15, -0.1) is 0 Å². The van der Waals surface area contributed by atoms with E-state index in [-0.39, 0.29) is 6.04 Å². The van der Waals surface area contributed by atoms with E-state index in [2.05, 4.69) is 20.2 Å². The van der Waals surface area contributed by atoms with E-state index in [1.807, 2.05) is 108 Å². The van der Waals surface area contributed by atoms with E-state index >= 15 is 0 Å². The minimum atomic E-state index is -0.521. The maximum absolute atomic E-state index is 13.7. The largest absolute Gasteiger partial charge is 0.492 e. The maximum atomic E-state index is 13.7. The van der Waals surface area contributed by atoms with E-state index in [4.69, 9.17) is 9.47 Å². The van der Waals surface area contributed by atoms with E-state index in [1.54, 1.807) is 17.2 Å². The Labute approximate surface area is 230 Å². The zero-order valence-electron chi connectivity index (χ0n) is 23.1. The van der Waals surface area contributed by atoms with Gasteiger partial charge in [0.15, 0.2) is 0 Å². The average molecular weight is 526 g/mol. The van der Waals surface area contributed by atoms with E-state index in [0.717, 1.165) is 34.7 Å². The van der Waals surface area contributed by atoms with Crippen LogP contribution in [0, 0.1) is 13.8 Å². The molecule has 0 aliphatic rings. The number of aryl methyl sites for hydroxylation is 2. The summed E-state index contributed by atoms with van der Waals surface area (Å²) in [6.45, 7) is 7.24. The normalized spacial score (nSPS) is 11.6. The maximum Gasteiger partial charge on any atom is 0.421 e. The van der Waals surface area contributed by atoms with Crippen LogP contribution in [0.5, 0.6) is 11.5 Å². The first-order valence-electron chi connectivity index (χ1n) is 12.9. The van der Waals surface area contributed by atoms with Gasteiger partial charge in [-0.05, 0) is 81.9 Å². The summed E-state index contributed by atoms with van der Waals surface area (Å²) in [7, 11) is 4.02. The highest BCUT2D eigenvalue weighted by Gasteiger charge is 2.28. The third kappa shape index (κ3) is 7.33. The smallest absolute Gasteiger partial charge is 0.421 e. The summed E-state index contributed by atoms with van der Waals surface area (Å²) in [5, 5.41) is 3.22. The Balaban J connectivity index is 1.58. The van der Waals surface area contributed by atoms with E-state index < -0.39 is 6.09 Å². The van der Waals surface area contributed by atoms with Crippen molar-refractivity contribution in [1.82, 2.24) is 14.9 Å². The number of rotatable bonds is 10.